The largest absolute Gasteiger partial charge is 0.333 e. The minimum atomic E-state index is -1.01. The average molecular weight is 427 g/mol. The molecule has 9 heteroatoms. The van der Waals surface area contributed by atoms with E-state index in [1.165, 1.54) is 17.3 Å². The molecule has 3 aliphatic rings. The standard InChI is InChI=1S/C20H25ClF2N4O2/c21-15-8-24-19(25-9-15)26-17(28)11-27(10-13-7-16(13)22)18(29)12-1-3-14(4-2-12)20(23)5-6-20/h8-9,12-14,16H,1-7,10-11H2,(H,24,25,26,28)/t12?,13-,14?,16-/m0/s1. The van der Waals surface area contributed by atoms with E-state index >= 15 is 0 Å². The van der Waals surface area contributed by atoms with Crippen LogP contribution in [0.25, 0.3) is 0 Å². The van der Waals surface area contributed by atoms with Crippen LogP contribution in [0, 0.1) is 17.8 Å². The number of hydrogen-bond acceptors (Lipinski definition) is 4. The number of carbonyl (C=O) groups is 2. The fourth-order valence-electron chi connectivity index (χ4n) is 4.27. The van der Waals surface area contributed by atoms with Crippen molar-refractivity contribution in [2.75, 3.05) is 18.4 Å². The number of nitrogens with zero attached hydrogens (tertiary/aromatic N) is 3. The predicted molar refractivity (Wildman–Crippen MR) is 104 cm³/mol. The van der Waals surface area contributed by atoms with Crippen molar-refractivity contribution in [1.82, 2.24) is 14.9 Å². The van der Waals surface area contributed by atoms with E-state index in [0.29, 0.717) is 50.0 Å². The highest BCUT2D eigenvalue weighted by molar-refractivity contribution is 6.30. The molecule has 158 valence electrons. The number of carbonyl (C=O) groups excluding carboxylic acids is 2. The molecular weight excluding hydrogens is 402 g/mol. The number of halogens is 3. The van der Waals surface area contributed by atoms with E-state index in [9.17, 15) is 18.4 Å². The summed E-state index contributed by atoms with van der Waals surface area (Å²) in [5.74, 6) is -0.881. The van der Waals surface area contributed by atoms with Crippen molar-refractivity contribution in [3.05, 3.63) is 17.4 Å². The summed E-state index contributed by atoms with van der Waals surface area (Å²) in [7, 11) is 0. The number of nitrogens with one attached hydrogen (secondary N) is 1. The molecular formula is C20H25ClF2N4O2. The highest BCUT2D eigenvalue weighted by Crippen LogP contribution is 2.52. The SMILES string of the molecule is O=C(CN(C[C@@H]1C[C@@H]1F)C(=O)C1CCC(C2(F)CC2)CC1)Nc1ncc(Cl)cn1. The van der Waals surface area contributed by atoms with Crippen LogP contribution in [0.5, 0.6) is 0 Å². The van der Waals surface area contributed by atoms with Gasteiger partial charge in [0.2, 0.25) is 17.8 Å². The van der Waals surface area contributed by atoms with Gasteiger partial charge in [0.25, 0.3) is 0 Å². The van der Waals surface area contributed by atoms with E-state index in [0.717, 1.165) is 0 Å². The monoisotopic (exact) mass is 426 g/mol. The van der Waals surface area contributed by atoms with Crippen molar-refractivity contribution >= 4 is 29.4 Å². The zero-order valence-corrected chi connectivity index (χ0v) is 16.9. The molecule has 1 aromatic rings. The highest BCUT2D eigenvalue weighted by Gasteiger charge is 2.51. The lowest BCUT2D eigenvalue weighted by molar-refractivity contribution is -0.140. The van der Waals surface area contributed by atoms with E-state index in [4.69, 9.17) is 11.6 Å². The molecule has 2 atom stereocenters. The number of hydrogen-bond donors (Lipinski definition) is 1. The molecule has 6 nitrogen and oxygen atoms in total. The Morgan fingerprint density at radius 3 is 2.38 bits per heavy atom. The molecule has 4 rings (SSSR count). The number of alkyl halides is 2. The topological polar surface area (TPSA) is 75.2 Å². The van der Waals surface area contributed by atoms with Crippen LogP contribution in [0.2, 0.25) is 5.02 Å². The molecule has 2 amide bonds. The normalized spacial score (nSPS) is 29.8. The van der Waals surface area contributed by atoms with Crippen molar-refractivity contribution in [2.24, 2.45) is 17.8 Å². The van der Waals surface area contributed by atoms with Gasteiger partial charge in [-0.1, -0.05) is 11.6 Å². The van der Waals surface area contributed by atoms with Gasteiger partial charge in [0.05, 0.1) is 24.0 Å². The van der Waals surface area contributed by atoms with Gasteiger partial charge in [0.1, 0.15) is 11.8 Å². The summed E-state index contributed by atoms with van der Waals surface area (Å²) in [5, 5.41) is 2.89. The van der Waals surface area contributed by atoms with Crippen LogP contribution in [-0.2, 0) is 9.59 Å². The van der Waals surface area contributed by atoms with Crippen molar-refractivity contribution in [3.63, 3.8) is 0 Å². The van der Waals surface area contributed by atoms with Crippen LogP contribution >= 0.6 is 11.6 Å². The van der Waals surface area contributed by atoms with Gasteiger partial charge in [-0.2, -0.15) is 0 Å². The maximum atomic E-state index is 14.3. The first-order valence-corrected chi connectivity index (χ1v) is 10.6. The van der Waals surface area contributed by atoms with Crippen LogP contribution in [-0.4, -0.2) is 51.6 Å². The zero-order chi connectivity index (χ0) is 20.6. The minimum absolute atomic E-state index is 0.0454. The van der Waals surface area contributed by atoms with Gasteiger partial charge in [-0.3, -0.25) is 14.9 Å². The molecule has 1 heterocycles. The molecule has 0 aliphatic heterocycles. The van der Waals surface area contributed by atoms with Crippen LogP contribution in [0.3, 0.4) is 0 Å². The Bertz CT molecular complexity index is 766. The van der Waals surface area contributed by atoms with E-state index in [1.54, 1.807) is 0 Å². The molecule has 3 saturated carbocycles. The number of amides is 2. The molecule has 29 heavy (non-hydrogen) atoms. The van der Waals surface area contributed by atoms with Crippen molar-refractivity contribution in [1.29, 1.82) is 0 Å². The first-order chi connectivity index (χ1) is 13.8. The highest BCUT2D eigenvalue weighted by atomic mass is 35.5. The molecule has 3 aliphatic carbocycles. The second-order valence-electron chi connectivity index (χ2n) is 8.59. The second kappa shape index (κ2) is 8.13. The van der Waals surface area contributed by atoms with E-state index in [2.05, 4.69) is 15.3 Å². The first-order valence-electron chi connectivity index (χ1n) is 10.2. The molecule has 0 unspecified atom stereocenters. The molecule has 0 bridgehead atoms. The van der Waals surface area contributed by atoms with Gasteiger partial charge in [-0.15, -0.1) is 0 Å². The zero-order valence-electron chi connectivity index (χ0n) is 16.1. The Morgan fingerprint density at radius 2 is 1.83 bits per heavy atom. The van der Waals surface area contributed by atoms with Crippen molar-refractivity contribution in [3.8, 4) is 0 Å². The maximum absolute atomic E-state index is 14.3. The molecule has 1 aromatic heterocycles. The fraction of sp³-hybridized carbons (Fsp3) is 0.700. The summed E-state index contributed by atoms with van der Waals surface area (Å²) in [6.45, 7) is 0.0445. The Kier molecular flexibility index (Phi) is 5.73. The molecule has 0 radical (unpaired) electrons. The van der Waals surface area contributed by atoms with Gasteiger partial charge in [-0.05, 0) is 50.9 Å². The lowest BCUT2D eigenvalue weighted by atomic mass is 9.78. The smallest absolute Gasteiger partial charge is 0.246 e. The number of aromatic nitrogens is 2. The van der Waals surface area contributed by atoms with Crippen molar-refractivity contribution < 1.29 is 18.4 Å². The fourth-order valence-corrected chi connectivity index (χ4v) is 4.37. The van der Waals surface area contributed by atoms with Gasteiger partial charge in [-0.25, -0.2) is 18.7 Å². The van der Waals surface area contributed by atoms with E-state index in [-0.39, 0.29) is 42.7 Å². The third-order valence-corrected chi connectivity index (χ3v) is 6.54. The van der Waals surface area contributed by atoms with Gasteiger partial charge in [0, 0.05) is 18.4 Å². The summed E-state index contributed by atoms with van der Waals surface area (Å²) < 4.78 is 27.7. The number of anilines is 1. The molecule has 1 N–H and O–H groups in total. The Labute approximate surface area is 173 Å². The third-order valence-electron chi connectivity index (χ3n) is 6.34. The summed E-state index contributed by atoms with van der Waals surface area (Å²) >= 11 is 5.73. The lowest BCUT2D eigenvalue weighted by Gasteiger charge is -2.33. The van der Waals surface area contributed by atoms with E-state index in [1.807, 2.05) is 0 Å². The Hall–Kier alpha value is -1.83. The van der Waals surface area contributed by atoms with Crippen molar-refractivity contribution in [2.45, 2.75) is 56.8 Å². The summed E-state index contributed by atoms with van der Waals surface area (Å²) in [6.07, 6.45) is 6.13. The maximum Gasteiger partial charge on any atom is 0.246 e. The predicted octanol–water partition coefficient (Wildman–Crippen LogP) is 3.56. The number of rotatable bonds is 7. The minimum Gasteiger partial charge on any atom is -0.333 e. The molecule has 0 spiro atoms. The van der Waals surface area contributed by atoms with Gasteiger partial charge < -0.3 is 4.90 Å². The van der Waals surface area contributed by atoms with Crippen LogP contribution in [0.4, 0.5) is 14.7 Å². The second-order valence-corrected chi connectivity index (χ2v) is 9.02. The van der Waals surface area contributed by atoms with E-state index < -0.39 is 17.7 Å². The average Bonchev–Trinajstić information content (AvgIpc) is 3.62. The van der Waals surface area contributed by atoms with Crippen LogP contribution in [0.15, 0.2) is 12.4 Å². The Morgan fingerprint density at radius 1 is 1.21 bits per heavy atom. The third kappa shape index (κ3) is 5.02. The van der Waals surface area contributed by atoms with Gasteiger partial charge >= 0.3 is 0 Å². The molecule has 0 aromatic carbocycles. The summed E-state index contributed by atoms with van der Waals surface area (Å²) in [5.41, 5.74) is -1.01. The van der Waals surface area contributed by atoms with Crippen LogP contribution < -0.4 is 5.32 Å². The Balaban J connectivity index is 1.35. The summed E-state index contributed by atoms with van der Waals surface area (Å²) in [6, 6.07) is 0. The first kappa shape index (κ1) is 20.4. The molecule has 3 fully saturated rings. The molecule has 0 saturated heterocycles. The quantitative estimate of drug-likeness (QED) is 0.723. The van der Waals surface area contributed by atoms with Gasteiger partial charge in [0.15, 0.2) is 0 Å². The summed E-state index contributed by atoms with van der Waals surface area (Å²) in [4.78, 5) is 34.7. The van der Waals surface area contributed by atoms with Crippen LogP contribution in [0.1, 0.15) is 44.9 Å². The lowest BCUT2D eigenvalue weighted by Crippen LogP contribution is -2.44.